The second-order valence-corrected chi connectivity index (χ2v) is 10.0. The Labute approximate surface area is 188 Å². The summed E-state index contributed by atoms with van der Waals surface area (Å²) < 4.78 is 32.6. The SMILES string of the molecule is CC(=O)N1CCCc2cc(NC(=O)c3cc(S(=O)(=O)N4CCOCC4)ccc3C)ccc21. The summed E-state index contributed by atoms with van der Waals surface area (Å²) in [5.41, 5.74) is 3.48. The fraction of sp³-hybridized carbons (Fsp3) is 0.391. The van der Waals surface area contributed by atoms with Crippen molar-refractivity contribution in [3.05, 3.63) is 53.1 Å². The summed E-state index contributed by atoms with van der Waals surface area (Å²) in [6.45, 7) is 5.32. The highest BCUT2D eigenvalue weighted by Gasteiger charge is 2.27. The van der Waals surface area contributed by atoms with Gasteiger partial charge in [0.05, 0.1) is 18.1 Å². The summed E-state index contributed by atoms with van der Waals surface area (Å²) in [4.78, 5) is 26.7. The molecule has 32 heavy (non-hydrogen) atoms. The molecule has 2 aliphatic heterocycles. The van der Waals surface area contributed by atoms with Gasteiger partial charge in [-0.05, 0) is 61.2 Å². The number of fused-ring (bicyclic) bond motifs is 1. The first kappa shape index (κ1) is 22.4. The van der Waals surface area contributed by atoms with Crippen LogP contribution < -0.4 is 10.2 Å². The van der Waals surface area contributed by atoms with E-state index < -0.39 is 10.0 Å². The minimum atomic E-state index is -3.70. The van der Waals surface area contributed by atoms with Gasteiger partial charge in [-0.1, -0.05) is 6.07 Å². The van der Waals surface area contributed by atoms with Crippen LogP contribution in [0.2, 0.25) is 0 Å². The van der Waals surface area contributed by atoms with Gasteiger partial charge in [-0.3, -0.25) is 9.59 Å². The fourth-order valence-electron chi connectivity index (χ4n) is 4.14. The molecule has 0 saturated carbocycles. The van der Waals surface area contributed by atoms with Crippen molar-refractivity contribution in [1.82, 2.24) is 4.31 Å². The molecule has 0 bridgehead atoms. The maximum atomic E-state index is 13.0. The predicted molar refractivity (Wildman–Crippen MR) is 122 cm³/mol. The van der Waals surface area contributed by atoms with Gasteiger partial charge in [0.1, 0.15) is 0 Å². The predicted octanol–water partition coefficient (Wildman–Crippen LogP) is 2.57. The molecule has 170 valence electrons. The van der Waals surface area contributed by atoms with Gasteiger partial charge in [0.25, 0.3) is 5.91 Å². The van der Waals surface area contributed by atoms with E-state index in [1.165, 1.54) is 16.4 Å². The lowest BCUT2D eigenvalue weighted by molar-refractivity contribution is -0.116. The van der Waals surface area contributed by atoms with Gasteiger partial charge in [-0.25, -0.2) is 8.42 Å². The monoisotopic (exact) mass is 457 g/mol. The summed E-state index contributed by atoms with van der Waals surface area (Å²) in [5, 5.41) is 2.88. The first-order chi connectivity index (χ1) is 15.3. The molecule has 8 nitrogen and oxygen atoms in total. The van der Waals surface area contributed by atoms with Crippen molar-refractivity contribution in [1.29, 1.82) is 0 Å². The van der Waals surface area contributed by atoms with Crippen molar-refractivity contribution < 1.29 is 22.7 Å². The van der Waals surface area contributed by atoms with Gasteiger partial charge in [0.2, 0.25) is 15.9 Å². The number of rotatable bonds is 4. The molecular formula is C23H27N3O5S. The normalized spacial score (nSPS) is 17.0. The van der Waals surface area contributed by atoms with Crippen LogP contribution in [-0.4, -0.2) is 57.4 Å². The summed E-state index contributed by atoms with van der Waals surface area (Å²) in [5.74, 6) is -0.377. The van der Waals surface area contributed by atoms with Gasteiger partial charge in [-0.2, -0.15) is 4.31 Å². The van der Waals surface area contributed by atoms with E-state index in [-0.39, 0.29) is 16.7 Å². The molecule has 1 fully saturated rings. The Balaban J connectivity index is 1.58. The first-order valence-electron chi connectivity index (χ1n) is 10.7. The zero-order chi connectivity index (χ0) is 22.9. The molecule has 1 saturated heterocycles. The molecule has 9 heteroatoms. The molecular weight excluding hydrogens is 430 g/mol. The molecule has 4 rings (SSSR count). The van der Waals surface area contributed by atoms with E-state index in [0.717, 1.165) is 24.1 Å². The van der Waals surface area contributed by atoms with Crippen molar-refractivity contribution >= 4 is 33.2 Å². The number of amides is 2. The summed E-state index contributed by atoms with van der Waals surface area (Å²) >= 11 is 0. The van der Waals surface area contributed by atoms with E-state index in [0.29, 0.717) is 49.7 Å². The van der Waals surface area contributed by atoms with Crippen molar-refractivity contribution in [3.8, 4) is 0 Å². The number of hydrogen-bond donors (Lipinski definition) is 1. The Kier molecular flexibility index (Phi) is 6.32. The molecule has 2 aromatic rings. The first-order valence-corrected chi connectivity index (χ1v) is 12.1. The smallest absolute Gasteiger partial charge is 0.255 e. The number of nitrogens with zero attached hydrogens (tertiary/aromatic N) is 2. The number of sulfonamides is 1. The molecule has 0 atom stereocenters. The third-order valence-electron chi connectivity index (χ3n) is 5.90. The van der Waals surface area contributed by atoms with Crippen molar-refractivity contribution in [3.63, 3.8) is 0 Å². The number of carbonyl (C=O) groups is 2. The lowest BCUT2D eigenvalue weighted by Gasteiger charge is -2.29. The zero-order valence-corrected chi connectivity index (χ0v) is 19.1. The molecule has 0 spiro atoms. The maximum absolute atomic E-state index is 13.0. The number of ether oxygens (including phenoxy) is 1. The molecule has 2 aromatic carbocycles. The van der Waals surface area contributed by atoms with Gasteiger partial charge >= 0.3 is 0 Å². The molecule has 1 N–H and O–H groups in total. The van der Waals surface area contributed by atoms with E-state index in [1.54, 1.807) is 30.9 Å². The van der Waals surface area contributed by atoms with Crippen molar-refractivity contribution in [2.75, 3.05) is 43.1 Å². The quantitative estimate of drug-likeness (QED) is 0.761. The Morgan fingerprint density at radius 1 is 1.03 bits per heavy atom. The molecule has 2 aliphatic rings. The van der Waals surface area contributed by atoms with E-state index >= 15 is 0 Å². The number of nitrogens with one attached hydrogen (secondary N) is 1. The molecule has 0 aromatic heterocycles. The largest absolute Gasteiger partial charge is 0.379 e. The number of morpholine rings is 1. The topological polar surface area (TPSA) is 96.0 Å². The fourth-order valence-corrected chi connectivity index (χ4v) is 5.58. The third kappa shape index (κ3) is 4.41. The molecule has 0 unspecified atom stereocenters. The van der Waals surface area contributed by atoms with Crippen LogP contribution in [-0.2, 0) is 26.0 Å². The van der Waals surface area contributed by atoms with Gasteiger partial charge in [0, 0.05) is 43.5 Å². The minimum absolute atomic E-state index is 0.00310. The summed E-state index contributed by atoms with van der Waals surface area (Å²) in [7, 11) is -3.70. The number of carbonyl (C=O) groups excluding carboxylic acids is 2. The third-order valence-corrected chi connectivity index (χ3v) is 7.79. The molecule has 0 aliphatic carbocycles. The zero-order valence-electron chi connectivity index (χ0n) is 18.3. The van der Waals surface area contributed by atoms with Gasteiger partial charge in [0.15, 0.2) is 0 Å². The lowest BCUT2D eigenvalue weighted by Crippen LogP contribution is -2.40. The van der Waals surface area contributed by atoms with Crippen LogP contribution >= 0.6 is 0 Å². The Bertz CT molecular complexity index is 1160. The Morgan fingerprint density at radius 3 is 2.50 bits per heavy atom. The minimum Gasteiger partial charge on any atom is -0.379 e. The lowest BCUT2D eigenvalue weighted by atomic mass is 10.0. The van der Waals surface area contributed by atoms with E-state index in [4.69, 9.17) is 4.74 Å². The highest BCUT2D eigenvalue weighted by molar-refractivity contribution is 7.89. The maximum Gasteiger partial charge on any atom is 0.255 e. The van der Waals surface area contributed by atoms with Crippen LogP contribution in [0.25, 0.3) is 0 Å². The van der Waals surface area contributed by atoms with Gasteiger partial charge in [-0.15, -0.1) is 0 Å². The van der Waals surface area contributed by atoms with Crippen molar-refractivity contribution in [2.24, 2.45) is 0 Å². The standard InChI is InChI=1S/C23H27N3O5S/c1-16-5-7-20(32(29,30)25-10-12-31-13-11-25)15-21(16)23(28)24-19-6-8-22-18(14-19)4-3-9-26(22)17(2)27/h5-8,14-15H,3-4,9-13H2,1-2H3,(H,24,28). The van der Waals surface area contributed by atoms with E-state index in [1.807, 2.05) is 12.1 Å². The number of anilines is 2. The van der Waals surface area contributed by atoms with Crippen LogP contribution in [0.1, 0.15) is 34.8 Å². The van der Waals surface area contributed by atoms with Crippen LogP contribution in [0, 0.1) is 6.92 Å². The van der Waals surface area contributed by atoms with Crippen LogP contribution in [0.15, 0.2) is 41.3 Å². The summed E-state index contributed by atoms with van der Waals surface area (Å²) in [6.07, 6.45) is 1.69. The second-order valence-electron chi connectivity index (χ2n) is 8.07. The molecule has 0 radical (unpaired) electrons. The van der Waals surface area contributed by atoms with Crippen LogP contribution in [0.3, 0.4) is 0 Å². The molecule has 2 amide bonds. The number of benzene rings is 2. The van der Waals surface area contributed by atoms with Crippen molar-refractivity contribution in [2.45, 2.75) is 31.6 Å². The highest BCUT2D eigenvalue weighted by Crippen LogP contribution is 2.30. The number of hydrogen-bond acceptors (Lipinski definition) is 5. The van der Waals surface area contributed by atoms with Gasteiger partial charge < -0.3 is 15.0 Å². The van der Waals surface area contributed by atoms with Crippen LogP contribution in [0.4, 0.5) is 11.4 Å². The second kappa shape index (κ2) is 9.01. The Hall–Kier alpha value is -2.75. The number of aryl methyl sites for hydroxylation is 2. The summed E-state index contributed by atoms with van der Waals surface area (Å²) in [6, 6.07) is 10.1. The average Bonchev–Trinajstić information content (AvgIpc) is 2.79. The van der Waals surface area contributed by atoms with E-state index in [2.05, 4.69) is 5.32 Å². The molecule has 2 heterocycles. The van der Waals surface area contributed by atoms with Crippen LogP contribution in [0.5, 0.6) is 0 Å². The average molecular weight is 458 g/mol. The Morgan fingerprint density at radius 2 is 1.78 bits per heavy atom. The van der Waals surface area contributed by atoms with E-state index in [9.17, 15) is 18.0 Å². The highest BCUT2D eigenvalue weighted by atomic mass is 32.2.